The predicted octanol–water partition coefficient (Wildman–Crippen LogP) is 1.76. The Bertz CT molecular complexity index is 460. The molecule has 7 heteroatoms. The van der Waals surface area contributed by atoms with Crippen molar-refractivity contribution >= 4 is 17.5 Å². The molecule has 0 spiro atoms. The summed E-state index contributed by atoms with van der Waals surface area (Å²) in [7, 11) is 0. The molecule has 0 bridgehead atoms. The van der Waals surface area contributed by atoms with Crippen LogP contribution in [0.4, 0.5) is 16.2 Å². The Morgan fingerprint density at radius 1 is 1.44 bits per heavy atom. The molecule has 0 aromatic heterocycles. The standard InChI is InChI=1S/C11H13N3O4/c15-11(16)13-6-5-9(7-13)12-8-1-3-10(4-2-8)14(17)18/h1-4,9,12H,5-7H2,(H,15,16). The maximum atomic E-state index is 10.7. The number of benzene rings is 1. The third-order valence-corrected chi connectivity index (χ3v) is 2.91. The molecule has 1 amide bonds. The summed E-state index contributed by atoms with van der Waals surface area (Å²) >= 11 is 0. The van der Waals surface area contributed by atoms with Crippen molar-refractivity contribution in [3.8, 4) is 0 Å². The normalized spacial score (nSPS) is 18.7. The van der Waals surface area contributed by atoms with Gasteiger partial charge in [0.1, 0.15) is 0 Å². The van der Waals surface area contributed by atoms with Crippen LogP contribution in [0.5, 0.6) is 0 Å². The molecule has 0 saturated carbocycles. The zero-order chi connectivity index (χ0) is 13.1. The Morgan fingerprint density at radius 2 is 2.11 bits per heavy atom. The molecule has 1 atom stereocenters. The van der Waals surface area contributed by atoms with E-state index in [1.807, 2.05) is 0 Å². The molecule has 7 nitrogen and oxygen atoms in total. The van der Waals surface area contributed by atoms with Crippen LogP contribution in [-0.4, -0.2) is 40.2 Å². The molecular formula is C11H13N3O4. The lowest BCUT2D eigenvalue weighted by Gasteiger charge is -2.14. The summed E-state index contributed by atoms with van der Waals surface area (Å²) < 4.78 is 0. The zero-order valence-electron chi connectivity index (χ0n) is 9.57. The number of carbonyl (C=O) groups is 1. The number of nitro groups is 1. The molecule has 2 N–H and O–H groups in total. The Balaban J connectivity index is 1.94. The number of rotatable bonds is 3. The summed E-state index contributed by atoms with van der Waals surface area (Å²) in [6, 6.07) is 6.16. The molecular weight excluding hydrogens is 238 g/mol. The Labute approximate surface area is 103 Å². The third kappa shape index (κ3) is 2.68. The minimum Gasteiger partial charge on any atom is -0.465 e. The number of likely N-dealkylation sites (tertiary alicyclic amines) is 1. The summed E-state index contributed by atoms with van der Waals surface area (Å²) in [5.74, 6) is 0. The summed E-state index contributed by atoms with van der Waals surface area (Å²) in [5.41, 5.74) is 0.803. The number of non-ortho nitro benzene ring substituents is 1. The van der Waals surface area contributed by atoms with Crippen molar-refractivity contribution in [2.24, 2.45) is 0 Å². The SMILES string of the molecule is O=C(O)N1CCC(Nc2ccc([N+](=O)[O-])cc2)C1. The quantitative estimate of drug-likeness (QED) is 0.630. The summed E-state index contributed by atoms with van der Waals surface area (Å²) in [5, 5.41) is 22.5. The fourth-order valence-corrected chi connectivity index (χ4v) is 1.97. The maximum Gasteiger partial charge on any atom is 0.407 e. The van der Waals surface area contributed by atoms with E-state index in [4.69, 9.17) is 5.11 Å². The van der Waals surface area contributed by atoms with Crippen LogP contribution < -0.4 is 5.32 Å². The van der Waals surface area contributed by atoms with Gasteiger partial charge in [0.25, 0.3) is 5.69 Å². The number of anilines is 1. The van der Waals surface area contributed by atoms with Gasteiger partial charge in [-0.05, 0) is 18.6 Å². The van der Waals surface area contributed by atoms with Gasteiger partial charge in [0.05, 0.1) is 4.92 Å². The smallest absolute Gasteiger partial charge is 0.407 e. The minimum absolute atomic E-state index is 0.0409. The van der Waals surface area contributed by atoms with Crippen LogP contribution in [0.2, 0.25) is 0 Å². The molecule has 1 heterocycles. The van der Waals surface area contributed by atoms with Crippen LogP contribution in [0.15, 0.2) is 24.3 Å². The molecule has 2 rings (SSSR count). The highest BCUT2D eigenvalue weighted by Gasteiger charge is 2.25. The van der Waals surface area contributed by atoms with Crippen LogP contribution in [0.3, 0.4) is 0 Å². The Morgan fingerprint density at radius 3 is 2.61 bits per heavy atom. The van der Waals surface area contributed by atoms with E-state index in [1.165, 1.54) is 17.0 Å². The predicted molar refractivity (Wildman–Crippen MR) is 64.7 cm³/mol. The zero-order valence-corrected chi connectivity index (χ0v) is 9.57. The lowest BCUT2D eigenvalue weighted by Crippen LogP contribution is -2.30. The van der Waals surface area contributed by atoms with Crippen molar-refractivity contribution < 1.29 is 14.8 Å². The number of nitro benzene ring substituents is 1. The number of hydrogen-bond acceptors (Lipinski definition) is 4. The van der Waals surface area contributed by atoms with Gasteiger partial charge in [-0.2, -0.15) is 0 Å². The lowest BCUT2D eigenvalue weighted by molar-refractivity contribution is -0.384. The van der Waals surface area contributed by atoms with Gasteiger partial charge >= 0.3 is 6.09 Å². The van der Waals surface area contributed by atoms with Crippen LogP contribution >= 0.6 is 0 Å². The Hall–Kier alpha value is -2.31. The minimum atomic E-state index is -0.914. The molecule has 1 saturated heterocycles. The van der Waals surface area contributed by atoms with Gasteiger partial charge in [-0.1, -0.05) is 0 Å². The molecule has 1 aromatic rings. The second kappa shape index (κ2) is 4.91. The number of nitrogens with one attached hydrogen (secondary N) is 1. The maximum absolute atomic E-state index is 10.7. The first kappa shape index (κ1) is 12.2. The van der Waals surface area contributed by atoms with E-state index in [0.717, 1.165) is 12.1 Å². The fraction of sp³-hybridized carbons (Fsp3) is 0.364. The van der Waals surface area contributed by atoms with E-state index in [2.05, 4.69) is 5.32 Å². The van der Waals surface area contributed by atoms with Gasteiger partial charge < -0.3 is 15.3 Å². The van der Waals surface area contributed by atoms with Gasteiger partial charge in [0, 0.05) is 37.0 Å². The van der Waals surface area contributed by atoms with Crippen molar-refractivity contribution in [2.45, 2.75) is 12.5 Å². The monoisotopic (exact) mass is 251 g/mol. The molecule has 1 unspecified atom stereocenters. The van der Waals surface area contributed by atoms with E-state index >= 15 is 0 Å². The summed E-state index contributed by atoms with van der Waals surface area (Å²) in [6.45, 7) is 0.951. The number of amides is 1. The molecule has 1 aromatic carbocycles. The number of carboxylic acid groups (broad SMARTS) is 1. The first-order valence-electron chi connectivity index (χ1n) is 5.55. The summed E-state index contributed by atoms with van der Waals surface area (Å²) in [6.07, 6.45) is -0.175. The van der Waals surface area contributed by atoms with Gasteiger partial charge in [0.15, 0.2) is 0 Å². The lowest BCUT2D eigenvalue weighted by atomic mass is 10.2. The second-order valence-corrected chi connectivity index (χ2v) is 4.16. The molecule has 1 fully saturated rings. The molecule has 0 radical (unpaired) electrons. The van der Waals surface area contributed by atoms with Crippen LogP contribution in [0, 0.1) is 10.1 Å². The average Bonchev–Trinajstić information content (AvgIpc) is 2.78. The third-order valence-electron chi connectivity index (χ3n) is 2.91. The Kier molecular flexibility index (Phi) is 3.31. The topological polar surface area (TPSA) is 95.7 Å². The number of hydrogen-bond donors (Lipinski definition) is 2. The van der Waals surface area contributed by atoms with Gasteiger partial charge in [-0.25, -0.2) is 4.79 Å². The van der Waals surface area contributed by atoms with E-state index in [9.17, 15) is 14.9 Å². The molecule has 96 valence electrons. The first-order chi connectivity index (χ1) is 8.56. The van der Waals surface area contributed by atoms with Crippen molar-refractivity contribution in [3.05, 3.63) is 34.4 Å². The molecule has 0 aliphatic carbocycles. The van der Waals surface area contributed by atoms with Crippen LogP contribution in [0.1, 0.15) is 6.42 Å². The van der Waals surface area contributed by atoms with Crippen molar-refractivity contribution in [1.29, 1.82) is 0 Å². The van der Waals surface area contributed by atoms with Crippen molar-refractivity contribution in [1.82, 2.24) is 4.90 Å². The molecule has 18 heavy (non-hydrogen) atoms. The fourth-order valence-electron chi connectivity index (χ4n) is 1.97. The van der Waals surface area contributed by atoms with E-state index in [0.29, 0.717) is 13.1 Å². The average molecular weight is 251 g/mol. The highest BCUT2D eigenvalue weighted by atomic mass is 16.6. The van der Waals surface area contributed by atoms with Crippen LogP contribution in [-0.2, 0) is 0 Å². The van der Waals surface area contributed by atoms with Gasteiger partial charge in [0.2, 0.25) is 0 Å². The molecule has 1 aliphatic heterocycles. The van der Waals surface area contributed by atoms with Gasteiger partial charge in [-0.15, -0.1) is 0 Å². The molecule has 1 aliphatic rings. The highest BCUT2D eigenvalue weighted by Crippen LogP contribution is 2.19. The van der Waals surface area contributed by atoms with E-state index in [-0.39, 0.29) is 11.7 Å². The highest BCUT2D eigenvalue weighted by molar-refractivity contribution is 5.65. The van der Waals surface area contributed by atoms with Crippen LogP contribution in [0.25, 0.3) is 0 Å². The largest absolute Gasteiger partial charge is 0.465 e. The van der Waals surface area contributed by atoms with Crippen molar-refractivity contribution in [2.75, 3.05) is 18.4 Å². The van der Waals surface area contributed by atoms with E-state index in [1.54, 1.807) is 12.1 Å². The summed E-state index contributed by atoms with van der Waals surface area (Å²) in [4.78, 5) is 22.1. The van der Waals surface area contributed by atoms with E-state index < -0.39 is 11.0 Å². The van der Waals surface area contributed by atoms with Crippen molar-refractivity contribution in [3.63, 3.8) is 0 Å². The second-order valence-electron chi connectivity index (χ2n) is 4.16. The first-order valence-corrected chi connectivity index (χ1v) is 5.55. The van der Waals surface area contributed by atoms with Gasteiger partial charge in [-0.3, -0.25) is 10.1 Å². The number of nitrogens with zero attached hydrogens (tertiary/aromatic N) is 2.